The smallest absolute Gasteiger partial charge is 0.0442 e. The van der Waals surface area contributed by atoms with Gasteiger partial charge in [-0.3, -0.25) is 0 Å². The van der Waals surface area contributed by atoms with Crippen LogP contribution in [0.2, 0.25) is 0 Å². The van der Waals surface area contributed by atoms with Crippen LogP contribution in [-0.2, 0) is 0 Å². The maximum Gasteiger partial charge on any atom is 0.0442 e. The van der Waals surface area contributed by atoms with Crippen molar-refractivity contribution in [2.75, 3.05) is 0 Å². The molecule has 76 valence electrons. The first-order chi connectivity index (χ1) is 7.93. The summed E-state index contributed by atoms with van der Waals surface area (Å²) in [5.74, 6) is 0. The van der Waals surface area contributed by atoms with Crippen LogP contribution in [0.25, 0.3) is 31.3 Å². The van der Waals surface area contributed by atoms with Gasteiger partial charge in [-0.1, -0.05) is 18.2 Å². The van der Waals surface area contributed by atoms with E-state index in [1.54, 1.807) is 11.3 Å². The van der Waals surface area contributed by atoms with Gasteiger partial charge in [0.25, 0.3) is 0 Å². The standard InChI is InChI=1S/C14H8S2/c1-2-4-13-10(3-1)11-7-9-5-6-15-8-12(9)14(11)16-13/h1-8H. The fourth-order valence-electron chi connectivity index (χ4n) is 2.25. The van der Waals surface area contributed by atoms with Gasteiger partial charge in [-0.2, -0.15) is 11.3 Å². The van der Waals surface area contributed by atoms with Crippen LogP contribution >= 0.6 is 22.7 Å². The molecule has 0 N–H and O–H groups in total. The van der Waals surface area contributed by atoms with Gasteiger partial charge in [-0.25, -0.2) is 0 Å². The Morgan fingerprint density at radius 2 is 1.88 bits per heavy atom. The highest BCUT2D eigenvalue weighted by atomic mass is 32.1. The van der Waals surface area contributed by atoms with Crippen LogP contribution < -0.4 is 0 Å². The summed E-state index contributed by atoms with van der Waals surface area (Å²) in [5, 5.41) is 7.21. The average Bonchev–Trinajstić information content (AvgIpc) is 2.85. The van der Waals surface area contributed by atoms with Gasteiger partial charge in [0, 0.05) is 25.7 Å². The molecule has 0 saturated heterocycles. The van der Waals surface area contributed by atoms with Crippen molar-refractivity contribution in [3.63, 3.8) is 0 Å². The van der Waals surface area contributed by atoms with Gasteiger partial charge >= 0.3 is 0 Å². The maximum atomic E-state index is 2.32. The molecule has 2 aromatic rings. The number of benzene rings is 1. The topological polar surface area (TPSA) is 0 Å². The third-order valence-electron chi connectivity index (χ3n) is 3.00. The van der Waals surface area contributed by atoms with E-state index in [1.165, 1.54) is 31.3 Å². The predicted molar refractivity (Wildman–Crippen MR) is 73.8 cm³/mol. The Morgan fingerprint density at radius 1 is 0.938 bits per heavy atom. The van der Waals surface area contributed by atoms with E-state index >= 15 is 0 Å². The molecule has 4 rings (SSSR count). The van der Waals surface area contributed by atoms with Gasteiger partial charge in [-0.05, 0) is 34.5 Å². The van der Waals surface area contributed by atoms with E-state index in [-0.39, 0.29) is 0 Å². The van der Waals surface area contributed by atoms with Crippen molar-refractivity contribution in [3.05, 3.63) is 47.2 Å². The molecular weight excluding hydrogens is 232 g/mol. The minimum Gasteiger partial charge on any atom is -0.152 e. The predicted octanol–water partition coefficient (Wildman–Crippen LogP) is 5.22. The number of hydrogen-bond acceptors (Lipinski definition) is 2. The highest BCUT2D eigenvalue weighted by Gasteiger charge is 2.13. The molecule has 0 bridgehead atoms. The summed E-state index contributed by atoms with van der Waals surface area (Å²) in [6, 6.07) is 13.2. The summed E-state index contributed by atoms with van der Waals surface area (Å²) in [7, 11) is 0. The Hall–Kier alpha value is -1.38. The molecule has 0 unspecified atom stereocenters. The minimum absolute atomic E-state index is 1.37. The second-order valence-corrected chi connectivity index (χ2v) is 5.74. The Morgan fingerprint density at radius 3 is 2.88 bits per heavy atom. The molecule has 1 aliphatic heterocycles. The number of rotatable bonds is 0. The molecule has 0 nitrogen and oxygen atoms in total. The molecule has 0 atom stereocenters. The lowest BCUT2D eigenvalue weighted by Gasteiger charge is -1.94. The SMILES string of the molecule is c1ccc2c(c1)sc1c3csccc-3cc12. The van der Waals surface area contributed by atoms with E-state index in [0.717, 1.165) is 0 Å². The highest BCUT2D eigenvalue weighted by molar-refractivity contribution is 7.26. The largest absolute Gasteiger partial charge is 0.152 e. The zero-order valence-electron chi connectivity index (χ0n) is 8.44. The Labute approximate surface area is 101 Å². The van der Waals surface area contributed by atoms with Gasteiger partial charge in [0.2, 0.25) is 0 Å². The summed E-state index contributed by atoms with van der Waals surface area (Å²) >= 11 is 3.67. The van der Waals surface area contributed by atoms with Gasteiger partial charge in [0.15, 0.2) is 0 Å². The quantitative estimate of drug-likeness (QED) is 0.395. The molecule has 1 aromatic carbocycles. The Kier molecular flexibility index (Phi) is 1.67. The summed E-state index contributed by atoms with van der Waals surface area (Å²) in [4.78, 5) is 0. The van der Waals surface area contributed by atoms with Gasteiger partial charge in [-0.15, -0.1) is 11.3 Å². The van der Waals surface area contributed by atoms with Crippen LogP contribution in [0.4, 0.5) is 0 Å². The number of hydrogen-bond donors (Lipinski definition) is 0. The lowest BCUT2D eigenvalue weighted by Crippen LogP contribution is -1.66. The first kappa shape index (κ1) is 8.74. The average molecular weight is 240 g/mol. The van der Waals surface area contributed by atoms with Gasteiger partial charge in [0.05, 0.1) is 0 Å². The van der Waals surface area contributed by atoms with Gasteiger partial charge in [0.1, 0.15) is 0 Å². The van der Waals surface area contributed by atoms with E-state index in [0.29, 0.717) is 0 Å². The Balaban J connectivity index is 2.32. The second kappa shape index (κ2) is 3.06. The zero-order chi connectivity index (χ0) is 10.5. The van der Waals surface area contributed by atoms with E-state index in [9.17, 15) is 0 Å². The van der Waals surface area contributed by atoms with Crippen LogP contribution in [0.3, 0.4) is 0 Å². The third-order valence-corrected chi connectivity index (χ3v) is 4.89. The van der Waals surface area contributed by atoms with Crippen molar-refractivity contribution in [2.45, 2.75) is 0 Å². The molecule has 2 aliphatic rings. The first-order valence-electron chi connectivity index (χ1n) is 5.20. The maximum absolute atomic E-state index is 2.32. The summed E-state index contributed by atoms with van der Waals surface area (Å²) < 4.78 is 2.83. The fraction of sp³-hybridized carbons (Fsp3) is 0. The second-order valence-electron chi connectivity index (χ2n) is 3.91. The van der Waals surface area contributed by atoms with Gasteiger partial charge < -0.3 is 0 Å². The zero-order valence-corrected chi connectivity index (χ0v) is 10.1. The van der Waals surface area contributed by atoms with Crippen molar-refractivity contribution >= 4 is 42.8 Å². The van der Waals surface area contributed by atoms with E-state index in [1.807, 2.05) is 11.3 Å². The van der Waals surface area contributed by atoms with Crippen molar-refractivity contribution < 1.29 is 0 Å². The molecule has 16 heavy (non-hydrogen) atoms. The molecule has 2 heterocycles. The number of fused-ring (bicyclic) bond motifs is 5. The van der Waals surface area contributed by atoms with Crippen molar-refractivity contribution in [3.8, 4) is 11.1 Å². The van der Waals surface area contributed by atoms with Crippen molar-refractivity contribution in [2.24, 2.45) is 0 Å². The lowest BCUT2D eigenvalue weighted by molar-refractivity contribution is 1.85. The monoisotopic (exact) mass is 240 g/mol. The lowest BCUT2D eigenvalue weighted by atomic mass is 10.2. The van der Waals surface area contributed by atoms with Crippen molar-refractivity contribution in [1.82, 2.24) is 0 Å². The Bertz CT molecular complexity index is 760. The summed E-state index contributed by atoms with van der Waals surface area (Å²) in [6.45, 7) is 0. The molecule has 0 spiro atoms. The first-order valence-corrected chi connectivity index (χ1v) is 6.95. The number of thiophene rings is 1. The van der Waals surface area contributed by atoms with Crippen LogP contribution in [0.5, 0.6) is 0 Å². The molecule has 1 aliphatic carbocycles. The molecule has 1 aromatic heterocycles. The van der Waals surface area contributed by atoms with E-state index in [4.69, 9.17) is 0 Å². The molecule has 2 heteroatoms. The van der Waals surface area contributed by atoms with Crippen LogP contribution in [0.15, 0.2) is 47.2 Å². The fourth-order valence-corrected chi connectivity index (χ4v) is 4.24. The van der Waals surface area contributed by atoms with E-state index < -0.39 is 0 Å². The van der Waals surface area contributed by atoms with Crippen molar-refractivity contribution in [1.29, 1.82) is 0 Å². The molecule has 0 radical (unpaired) electrons. The summed E-state index contributed by atoms with van der Waals surface area (Å²) in [5.41, 5.74) is 2.77. The molecule has 0 amide bonds. The highest BCUT2D eigenvalue weighted by Crippen LogP contribution is 2.43. The normalized spacial score (nSPS) is 11.8. The van der Waals surface area contributed by atoms with Crippen LogP contribution in [0, 0.1) is 0 Å². The molecule has 0 fully saturated rings. The summed E-state index contributed by atoms with van der Waals surface area (Å²) in [6.07, 6.45) is 0. The molecule has 0 saturated carbocycles. The van der Waals surface area contributed by atoms with E-state index in [2.05, 4.69) is 47.2 Å². The molecular formula is C14H8S2. The van der Waals surface area contributed by atoms with Crippen LogP contribution in [-0.4, -0.2) is 0 Å². The van der Waals surface area contributed by atoms with Crippen LogP contribution in [0.1, 0.15) is 0 Å². The minimum atomic E-state index is 1.37. The third kappa shape index (κ3) is 1.03.